The van der Waals surface area contributed by atoms with Crippen molar-refractivity contribution in [2.45, 2.75) is 25.2 Å². The number of amides is 1. The molecule has 1 heterocycles. The Morgan fingerprint density at radius 3 is 2.53 bits per heavy atom. The van der Waals surface area contributed by atoms with Gasteiger partial charge in [-0.25, -0.2) is 0 Å². The highest BCUT2D eigenvalue weighted by Gasteiger charge is 2.14. The number of anilines is 1. The summed E-state index contributed by atoms with van der Waals surface area (Å²) in [6, 6.07) is 21.2. The van der Waals surface area contributed by atoms with Crippen molar-refractivity contribution >= 4 is 34.1 Å². The average Bonchev–Trinajstić information content (AvgIpc) is 3.23. The monoisotopic (exact) mass is 448 g/mol. The van der Waals surface area contributed by atoms with Gasteiger partial charge in [-0.15, -0.1) is 10.2 Å². The number of hydrogen-bond acceptors (Lipinski definition) is 6. The summed E-state index contributed by atoms with van der Waals surface area (Å²) < 4.78 is 12.9. The maximum atomic E-state index is 12.6. The molecule has 7 nitrogen and oxygen atoms in total. The van der Waals surface area contributed by atoms with Gasteiger partial charge in [0.1, 0.15) is 18.1 Å². The lowest BCUT2D eigenvalue weighted by atomic mass is 10.1. The summed E-state index contributed by atoms with van der Waals surface area (Å²) >= 11 is 1.36. The first-order valence-corrected chi connectivity index (χ1v) is 11.3. The van der Waals surface area contributed by atoms with E-state index in [1.807, 2.05) is 78.2 Å². The minimum absolute atomic E-state index is 0.0898. The number of methoxy groups -OCH3 is 1. The number of thioether (sulfide) groups is 1. The Bertz CT molecular complexity index is 1200. The van der Waals surface area contributed by atoms with E-state index < -0.39 is 0 Å². The number of fused-ring (bicyclic) bond motifs is 1. The maximum Gasteiger partial charge on any atom is 0.234 e. The van der Waals surface area contributed by atoms with Crippen molar-refractivity contribution in [3.05, 3.63) is 72.6 Å². The summed E-state index contributed by atoms with van der Waals surface area (Å²) in [5.41, 5.74) is 0.805. The molecule has 4 rings (SSSR count). The van der Waals surface area contributed by atoms with Crippen molar-refractivity contribution in [2.75, 3.05) is 18.2 Å². The second-order valence-electron chi connectivity index (χ2n) is 6.97. The molecule has 3 aromatic carbocycles. The summed E-state index contributed by atoms with van der Waals surface area (Å²) in [5, 5.41) is 14.3. The molecule has 0 aliphatic heterocycles. The number of nitrogens with one attached hydrogen (secondary N) is 1. The lowest BCUT2D eigenvalue weighted by molar-refractivity contribution is -0.113. The molecule has 1 N–H and O–H groups in total. The lowest BCUT2D eigenvalue weighted by Crippen LogP contribution is -2.15. The highest BCUT2D eigenvalue weighted by atomic mass is 32.2. The molecule has 0 fully saturated rings. The number of ether oxygens (including phenoxy) is 2. The molecule has 0 bridgehead atoms. The highest BCUT2D eigenvalue weighted by Crippen LogP contribution is 2.24. The van der Waals surface area contributed by atoms with Crippen LogP contribution >= 0.6 is 11.8 Å². The van der Waals surface area contributed by atoms with Crippen molar-refractivity contribution in [1.82, 2.24) is 14.8 Å². The second kappa shape index (κ2) is 10.2. The molecule has 0 unspecified atom stereocenters. The van der Waals surface area contributed by atoms with Crippen LogP contribution in [-0.4, -0.2) is 33.5 Å². The van der Waals surface area contributed by atoms with Crippen LogP contribution in [0.4, 0.5) is 5.69 Å². The number of hydrogen-bond donors (Lipinski definition) is 1. The average molecular weight is 449 g/mol. The van der Waals surface area contributed by atoms with E-state index in [1.165, 1.54) is 11.8 Å². The Balaban J connectivity index is 1.36. The van der Waals surface area contributed by atoms with Gasteiger partial charge >= 0.3 is 0 Å². The predicted molar refractivity (Wildman–Crippen MR) is 126 cm³/mol. The van der Waals surface area contributed by atoms with Gasteiger partial charge < -0.3 is 19.4 Å². The Morgan fingerprint density at radius 2 is 1.75 bits per heavy atom. The molecule has 0 aliphatic carbocycles. The van der Waals surface area contributed by atoms with Crippen molar-refractivity contribution in [3.63, 3.8) is 0 Å². The molecule has 1 amide bonds. The van der Waals surface area contributed by atoms with E-state index in [0.717, 1.165) is 28.0 Å². The van der Waals surface area contributed by atoms with E-state index in [9.17, 15) is 4.79 Å². The first-order chi connectivity index (χ1) is 15.7. The summed E-state index contributed by atoms with van der Waals surface area (Å²) in [7, 11) is 1.63. The Kier molecular flexibility index (Phi) is 6.91. The normalized spacial score (nSPS) is 10.8. The zero-order chi connectivity index (χ0) is 22.3. The van der Waals surface area contributed by atoms with Crippen molar-refractivity contribution < 1.29 is 14.3 Å². The third-order valence-corrected chi connectivity index (χ3v) is 5.90. The summed E-state index contributed by atoms with van der Waals surface area (Å²) in [5.74, 6) is 2.35. The van der Waals surface area contributed by atoms with E-state index in [0.29, 0.717) is 17.5 Å². The van der Waals surface area contributed by atoms with Gasteiger partial charge in [-0.3, -0.25) is 4.79 Å². The topological polar surface area (TPSA) is 78.3 Å². The Morgan fingerprint density at radius 1 is 1.00 bits per heavy atom. The quantitative estimate of drug-likeness (QED) is 0.372. The molecule has 0 radical (unpaired) electrons. The van der Waals surface area contributed by atoms with E-state index in [1.54, 1.807) is 7.11 Å². The van der Waals surface area contributed by atoms with Crippen molar-refractivity contribution in [2.24, 2.45) is 0 Å². The fourth-order valence-electron chi connectivity index (χ4n) is 3.32. The van der Waals surface area contributed by atoms with Crippen LogP contribution in [0.15, 0.2) is 71.9 Å². The standard InChI is InChI=1S/C24H24N4O3S/c1-3-28-22(15-31-19-13-11-18(30-2)12-14-19)26-27-24(28)32-16-23(29)25-21-10-6-8-17-7-4-5-9-20(17)21/h4-14H,3,15-16H2,1-2H3,(H,25,29). The van der Waals surface area contributed by atoms with Crippen molar-refractivity contribution in [1.29, 1.82) is 0 Å². The number of benzene rings is 3. The molecular weight excluding hydrogens is 424 g/mol. The van der Waals surface area contributed by atoms with E-state index >= 15 is 0 Å². The number of carbonyl (C=O) groups excluding carboxylic acids is 1. The van der Waals surface area contributed by atoms with Gasteiger partial charge in [-0.05, 0) is 42.6 Å². The van der Waals surface area contributed by atoms with Crippen LogP contribution in [0.3, 0.4) is 0 Å². The van der Waals surface area contributed by atoms with Gasteiger partial charge in [-0.1, -0.05) is 48.2 Å². The SMILES string of the molecule is CCn1c(COc2ccc(OC)cc2)nnc1SCC(=O)Nc1cccc2ccccc12. The van der Waals surface area contributed by atoms with Gasteiger partial charge in [0, 0.05) is 17.6 Å². The number of carbonyl (C=O) groups is 1. The van der Waals surface area contributed by atoms with Crippen LogP contribution in [-0.2, 0) is 17.9 Å². The summed E-state index contributed by atoms with van der Waals surface area (Å²) in [6.07, 6.45) is 0. The van der Waals surface area contributed by atoms with Crippen molar-refractivity contribution in [3.8, 4) is 11.5 Å². The number of rotatable bonds is 9. The van der Waals surface area contributed by atoms with E-state index in [4.69, 9.17) is 9.47 Å². The molecule has 0 spiro atoms. The first-order valence-electron chi connectivity index (χ1n) is 10.3. The smallest absolute Gasteiger partial charge is 0.234 e. The van der Waals surface area contributed by atoms with Crippen LogP contribution < -0.4 is 14.8 Å². The van der Waals surface area contributed by atoms with E-state index in [2.05, 4.69) is 15.5 Å². The molecule has 0 aliphatic rings. The van der Waals surface area contributed by atoms with Gasteiger partial charge in [0.15, 0.2) is 11.0 Å². The number of nitrogens with zero attached hydrogens (tertiary/aromatic N) is 3. The third kappa shape index (κ3) is 5.03. The molecule has 32 heavy (non-hydrogen) atoms. The fourth-order valence-corrected chi connectivity index (χ4v) is 4.14. The summed E-state index contributed by atoms with van der Waals surface area (Å²) in [4.78, 5) is 12.6. The Labute approximate surface area is 190 Å². The molecule has 1 aromatic heterocycles. The summed E-state index contributed by atoms with van der Waals surface area (Å²) in [6.45, 7) is 2.98. The number of aromatic nitrogens is 3. The molecule has 8 heteroatoms. The third-order valence-electron chi connectivity index (χ3n) is 4.93. The fraction of sp³-hybridized carbons (Fsp3) is 0.208. The molecule has 164 valence electrons. The van der Waals surface area contributed by atoms with Crippen LogP contribution in [0, 0.1) is 0 Å². The zero-order valence-corrected chi connectivity index (χ0v) is 18.8. The molecule has 0 saturated heterocycles. The van der Waals surface area contributed by atoms with Crippen LogP contribution in [0.5, 0.6) is 11.5 Å². The highest BCUT2D eigenvalue weighted by molar-refractivity contribution is 7.99. The minimum Gasteiger partial charge on any atom is -0.497 e. The lowest BCUT2D eigenvalue weighted by Gasteiger charge is -2.10. The van der Waals surface area contributed by atoms with Gasteiger partial charge in [0.2, 0.25) is 5.91 Å². The van der Waals surface area contributed by atoms with Crippen LogP contribution in [0.1, 0.15) is 12.7 Å². The maximum absolute atomic E-state index is 12.6. The molecule has 0 atom stereocenters. The van der Waals surface area contributed by atoms with Gasteiger partial charge in [-0.2, -0.15) is 0 Å². The molecule has 0 saturated carbocycles. The minimum atomic E-state index is -0.0898. The second-order valence-corrected chi connectivity index (χ2v) is 7.91. The van der Waals surface area contributed by atoms with Crippen LogP contribution in [0.2, 0.25) is 0 Å². The molecular formula is C24H24N4O3S. The van der Waals surface area contributed by atoms with Gasteiger partial charge in [0.05, 0.1) is 12.9 Å². The van der Waals surface area contributed by atoms with Crippen LogP contribution in [0.25, 0.3) is 10.8 Å². The largest absolute Gasteiger partial charge is 0.497 e. The van der Waals surface area contributed by atoms with E-state index in [-0.39, 0.29) is 18.3 Å². The first kappa shape index (κ1) is 21.7. The predicted octanol–water partition coefficient (Wildman–Crippen LogP) is 4.77. The Hall–Kier alpha value is -3.52. The van der Waals surface area contributed by atoms with Gasteiger partial charge in [0.25, 0.3) is 0 Å². The zero-order valence-electron chi connectivity index (χ0n) is 17.9. The molecule has 4 aromatic rings.